The van der Waals surface area contributed by atoms with Crippen molar-refractivity contribution in [3.8, 4) is 0 Å². The molecular weight excluding hydrogens is 258 g/mol. The first-order valence-corrected chi connectivity index (χ1v) is 6.94. The number of fused-ring (bicyclic) bond motifs is 1. The second-order valence-corrected chi connectivity index (χ2v) is 5.35. The largest absolute Gasteiger partial charge is 0.367 e. The summed E-state index contributed by atoms with van der Waals surface area (Å²) >= 11 is 7.82. The molecule has 0 saturated carbocycles. The number of nitrogens with zero attached hydrogens (tertiary/aromatic N) is 4. The quantitative estimate of drug-likeness (QED) is 0.846. The first-order valence-electron chi connectivity index (χ1n) is 5.41. The van der Waals surface area contributed by atoms with E-state index in [0.29, 0.717) is 17.0 Å². The summed E-state index contributed by atoms with van der Waals surface area (Å²) < 4.78 is 1.65. The summed E-state index contributed by atoms with van der Waals surface area (Å²) in [7, 11) is 0. The highest BCUT2D eigenvalue weighted by Gasteiger charge is 2.09. The number of halogens is 1. The second-order valence-electron chi connectivity index (χ2n) is 3.64. The number of hydrogen-bond acceptors (Lipinski definition) is 5. The van der Waals surface area contributed by atoms with E-state index in [4.69, 9.17) is 11.6 Å². The zero-order valence-electron chi connectivity index (χ0n) is 9.72. The monoisotopic (exact) mass is 271 g/mol. The Balaban J connectivity index is 2.19. The van der Waals surface area contributed by atoms with Gasteiger partial charge in [-0.2, -0.15) is 31.3 Å². The third-order valence-corrected chi connectivity index (χ3v) is 3.52. The van der Waals surface area contributed by atoms with E-state index in [1.165, 1.54) is 6.33 Å². The summed E-state index contributed by atoms with van der Waals surface area (Å²) in [6.07, 6.45) is 1.47. The lowest BCUT2D eigenvalue weighted by Gasteiger charge is -2.15. The third kappa shape index (κ3) is 3.01. The van der Waals surface area contributed by atoms with Crippen LogP contribution in [0.4, 0.5) is 5.82 Å². The lowest BCUT2D eigenvalue weighted by atomic mass is 10.4. The standard InChI is InChI=1S/C10H14ClN5S/c1-3-17-5-7(2)14-9-4-8(11)15-10-12-6-13-16(9)10/h4,6-7,14H,3,5H2,1-2H3. The molecule has 0 spiro atoms. The Kier molecular flexibility index (Phi) is 4.06. The van der Waals surface area contributed by atoms with Gasteiger partial charge in [-0.25, -0.2) is 0 Å². The van der Waals surface area contributed by atoms with Crippen LogP contribution in [0.5, 0.6) is 0 Å². The maximum absolute atomic E-state index is 5.93. The summed E-state index contributed by atoms with van der Waals surface area (Å²) in [5.41, 5.74) is 0. The van der Waals surface area contributed by atoms with Crippen molar-refractivity contribution in [2.75, 3.05) is 16.8 Å². The van der Waals surface area contributed by atoms with Crippen molar-refractivity contribution in [1.29, 1.82) is 0 Å². The number of hydrogen-bond donors (Lipinski definition) is 1. The summed E-state index contributed by atoms with van der Waals surface area (Å²) in [6, 6.07) is 2.10. The fourth-order valence-corrected chi connectivity index (χ4v) is 2.33. The van der Waals surface area contributed by atoms with Crippen LogP contribution in [0.25, 0.3) is 5.78 Å². The van der Waals surface area contributed by atoms with Crippen LogP contribution < -0.4 is 5.32 Å². The molecule has 17 heavy (non-hydrogen) atoms. The van der Waals surface area contributed by atoms with Crippen molar-refractivity contribution in [2.24, 2.45) is 0 Å². The summed E-state index contributed by atoms with van der Waals surface area (Å²) in [4.78, 5) is 8.10. The Labute approximate surface area is 109 Å². The van der Waals surface area contributed by atoms with Crippen molar-refractivity contribution in [2.45, 2.75) is 19.9 Å². The molecule has 0 saturated heterocycles. The number of nitrogens with one attached hydrogen (secondary N) is 1. The average molecular weight is 272 g/mol. The van der Waals surface area contributed by atoms with E-state index >= 15 is 0 Å². The number of thioether (sulfide) groups is 1. The van der Waals surface area contributed by atoms with Crippen LogP contribution in [0, 0.1) is 0 Å². The van der Waals surface area contributed by atoms with Gasteiger partial charge in [0.15, 0.2) is 0 Å². The van der Waals surface area contributed by atoms with Gasteiger partial charge in [-0.15, -0.1) is 0 Å². The average Bonchev–Trinajstić information content (AvgIpc) is 2.74. The fourth-order valence-electron chi connectivity index (χ4n) is 1.47. The van der Waals surface area contributed by atoms with Gasteiger partial charge in [-0.3, -0.25) is 0 Å². The minimum Gasteiger partial charge on any atom is -0.367 e. The molecule has 1 unspecified atom stereocenters. The maximum atomic E-state index is 5.93. The molecule has 0 radical (unpaired) electrons. The molecule has 2 aromatic rings. The van der Waals surface area contributed by atoms with Crippen LogP contribution in [-0.2, 0) is 0 Å². The Morgan fingerprint density at radius 2 is 2.41 bits per heavy atom. The Bertz CT molecular complexity index is 500. The summed E-state index contributed by atoms with van der Waals surface area (Å²) in [6.45, 7) is 4.27. The Morgan fingerprint density at radius 3 is 3.18 bits per heavy atom. The number of anilines is 1. The van der Waals surface area contributed by atoms with E-state index in [1.807, 2.05) is 11.8 Å². The van der Waals surface area contributed by atoms with E-state index in [1.54, 1.807) is 10.6 Å². The van der Waals surface area contributed by atoms with Crippen molar-refractivity contribution in [1.82, 2.24) is 19.6 Å². The zero-order valence-corrected chi connectivity index (χ0v) is 11.3. The van der Waals surface area contributed by atoms with Crippen molar-refractivity contribution >= 4 is 35.0 Å². The van der Waals surface area contributed by atoms with Crippen LogP contribution in [0.15, 0.2) is 12.4 Å². The molecule has 7 heteroatoms. The highest BCUT2D eigenvalue weighted by Crippen LogP contribution is 2.16. The molecule has 0 aliphatic rings. The zero-order chi connectivity index (χ0) is 12.3. The normalized spacial score (nSPS) is 12.9. The van der Waals surface area contributed by atoms with Gasteiger partial charge in [0.2, 0.25) is 0 Å². The van der Waals surface area contributed by atoms with E-state index in [0.717, 1.165) is 17.3 Å². The molecule has 0 aliphatic carbocycles. The Morgan fingerprint density at radius 1 is 1.59 bits per heavy atom. The van der Waals surface area contributed by atoms with Crippen LogP contribution in [0.2, 0.25) is 5.15 Å². The van der Waals surface area contributed by atoms with Crippen molar-refractivity contribution in [3.05, 3.63) is 17.5 Å². The predicted octanol–water partition coefficient (Wildman–Crippen LogP) is 2.33. The van der Waals surface area contributed by atoms with Crippen LogP contribution in [0.3, 0.4) is 0 Å². The SMILES string of the molecule is CCSCC(C)Nc1cc(Cl)nc2ncnn12. The van der Waals surface area contributed by atoms with Gasteiger partial charge >= 0.3 is 0 Å². The topological polar surface area (TPSA) is 55.1 Å². The van der Waals surface area contributed by atoms with Gasteiger partial charge in [0.1, 0.15) is 17.3 Å². The highest BCUT2D eigenvalue weighted by atomic mass is 35.5. The summed E-state index contributed by atoms with van der Waals surface area (Å²) in [5.74, 6) is 3.48. The van der Waals surface area contributed by atoms with Gasteiger partial charge in [-0.1, -0.05) is 18.5 Å². The predicted molar refractivity (Wildman–Crippen MR) is 71.9 cm³/mol. The molecule has 2 aromatic heterocycles. The molecule has 5 nitrogen and oxygen atoms in total. The molecule has 0 amide bonds. The van der Waals surface area contributed by atoms with E-state index < -0.39 is 0 Å². The van der Waals surface area contributed by atoms with Crippen molar-refractivity contribution < 1.29 is 0 Å². The number of rotatable bonds is 5. The van der Waals surface area contributed by atoms with Gasteiger partial charge in [-0.05, 0) is 12.7 Å². The molecular formula is C10H14ClN5S. The smallest absolute Gasteiger partial charge is 0.255 e. The van der Waals surface area contributed by atoms with Crippen LogP contribution >= 0.6 is 23.4 Å². The molecule has 0 aliphatic heterocycles. The molecule has 92 valence electrons. The molecule has 1 N–H and O–H groups in total. The molecule has 2 rings (SSSR count). The van der Waals surface area contributed by atoms with Gasteiger partial charge in [0.05, 0.1) is 0 Å². The molecule has 0 bridgehead atoms. The van der Waals surface area contributed by atoms with Crippen LogP contribution in [0.1, 0.15) is 13.8 Å². The minimum absolute atomic E-state index is 0.339. The first-order chi connectivity index (χ1) is 8.20. The minimum atomic E-state index is 0.339. The fraction of sp³-hybridized carbons (Fsp3) is 0.500. The molecule has 2 heterocycles. The lowest BCUT2D eigenvalue weighted by Crippen LogP contribution is -2.20. The molecule has 1 atom stereocenters. The van der Waals surface area contributed by atoms with Gasteiger partial charge < -0.3 is 5.32 Å². The first kappa shape index (κ1) is 12.4. The van der Waals surface area contributed by atoms with Gasteiger partial charge in [0, 0.05) is 17.9 Å². The maximum Gasteiger partial charge on any atom is 0.255 e. The van der Waals surface area contributed by atoms with E-state index in [2.05, 4.69) is 34.2 Å². The third-order valence-electron chi connectivity index (χ3n) is 2.19. The summed E-state index contributed by atoms with van der Waals surface area (Å²) in [5, 5.41) is 7.89. The van der Waals surface area contributed by atoms with Crippen LogP contribution in [-0.4, -0.2) is 37.1 Å². The van der Waals surface area contributed by atoms with Crippen molar-refractivity contribution in [3.63, 3.8) is 0 Å². The Hall–Kier alpha value is -1.01. The van der Waals surface area contributed by atoms with E-state index in [-0.39, 0.29) is 0 Å². The molecule has 0 aromatic carbocycles. The lowest BCUT2D eigenvalue weighted by molar-refractivity contribution is 0.859. The highest BCUT2D eigenvalue weighted by molar-refractivity contribution is 7.99. The number of aromatic nitrogens is 4. The second kappa shape index (κ2) is 5.55. The van der Waals surface area contributed by atoms with E-state index in [9.17, 15) is 0 Å². The van der Waals surface area contributed by atoms with Gasteiger partial charge in [0.25, 0.3) is 5.78 Å². The molecule has 0 fully saturated rings.